The van der Waals surface area contributed by atoms with Crippen molar-refractivity contribution in [3.8, 4) is 6.07 Å². The third-order valence-corrected chi connectivity index (χ3v) is 4.84. The summed E-state index contributed by atoms with van der Waals surface area (Å²) in [5, 5.41) is 11.7. The molecule has 3 rings (SSSR count). The van der Waals surface area contributed by atoms with Crippen LogP contribution in [0.25, 0.3) is 0 Å². The van der Waals surface area contributed by atoms with Crippen molar-refractivity contribution in [3.63, 3.8) is 0 Å². The number of benzene rings is 1. The van der Waals surface area contributed by atoms with E-state index in [0.717, 1.165) is 24.2 Å². The van der Waals surface area contributed by atoms with Gasteiger partial charge in [0.2, 0.25) is 5.91 Å². The van der Waals surface area contributed by atoms with E-state index in [1.54, 1.807) is 18.2 Å². The van der Waals surface area contributed by atoms with Gasteiger partial charge in [0, 0.05) is 31.7 Å². The van der Waals surface area contributed by atoms with Crippen molar-refractivity contribution in [2.45, 2.75) is 38.4 Å². The van der Waals surface area contributed by atoms with Crippen LogP contribution in [-0.4, -0.2) is 47.8 Å². The van der Waals surface area contributed by atoms with Crippen LogP contribution in [0.5, 0.6) is 0 Å². The third kappa shape index (κ3) is 6.47. The molecule has 2 amide bonds. The zero-order chi connectivity index (χ0) is 20.6. The Balaban J connectivity index is 1.63. The number of carbonyl (C=O) groups is 2. The SMILES string of the molecule is CN(CCC#N)C(=O)CN(Cc1ccc(C(=O)NC2CC2)cc1)Cc1ccco1. The second kappa shape index (κ2) is 9.89. The Morgan fingerprint density at radius 2 is 1.97 bits per heavy atom. The first kappa shape index (κ1) is 20.6. The first-order chi connectivity index (χ1) is 14.0. The van der Waals surface area contributed by atoms with E-state index < -0.39 is 0 Å². The highest BCUT2D eigenvalue weighted by Crippen LogP contribution is 2.19. The van der Waals surface area contributed by atoms with Gasteiger partial charge in [-0.2, -0.15) is 5.26 Å². The summed E-state index contributed by atoms with van der Waals surface area (Å²) in [6.45, 7) is 1.67. The smallest absolute Gasteiger partial charge is 0.251 e. The van der Waals surface area contributed by atoms with Crippen molar-refractivity contribution in [1.82, 2.24) is 15.1 Å². The maximum atomic E-state index is 12.5. The first-order valence-electron chi connectivity index (χ1n) is 9.80. The molecule has 1 saturated carbocycles. The van der Waals surface area contributed by atoms with Gasteiger partial charge >= 0.3 is 0 Å². The second-order valence-electron chi connectivity index (χ2n) is 7.39. The summed E-state index contributed by atoms with van der Waals surface area (Å²) in [7, 11) is 1.71. The lowest BCUT2D eigenvalue weighted by molar-refractivity contribution is -0.131. The minimum atomic E-state index is -0.0489. The van der Waals surface area contributed by atoms with Crippen molar-refractivity contribution in [2.75, 3.05) is 20.1 Å². The normalized spacial score (nSPS) is 13.1. The Hall–Kier alpha value is -3.11. The molecule has 29 heavy (non-hydrogen) atoms. The zero-order valence-electron chi connectivity index (χ0n) is 16.6. The Kier molecular flexibility index (Phi) is 7.04. The molecule has 0 aliphatic heterocycles. The monoisotopic (exact) mass is 394 g/mol. The van der Waals surface area contributed by atoms with E-state index in [0.29, 0.717) is 37.7 Å². The molecule has 1 heterocycles. The second-order valence-corrected chi connectivity index (χ2v) is 7.39. The number of hydrogen-bond donors (Lipinski definition) is 1. The minimum Gasteiger partial charge on any atom is -0.468 e. The van der Waals surface area contributed by atoms with Gasteiger partial charge in [-0.3, -0.25) is 14.5 Å². The molecule has 0 atom stereocenters. The Labute approximate surface area is 170 Å². The number of rotatable bonds is 10. The summed E-state index contributed by atoms with van der Waals surface area (Å²) in [5.74, 6) is 0.686. The molecule has 1 aliphatic rings. The molecule has 1 aliphatic carbocycles. The summed E-state index contributed by atoms with van der Waals surface area (Å²) < 4.78 is 5.44. The van der Waals surface area contributed by atoms with E-state index in [4.69, 9.17) is 9.68 Å². The Morgan fingerprint density at radius 3 is 2.59 bits per heavy atom. The molecule has 152 valence electrons. The number of hydrogen-bond acceptors (Lipinski definition) is 5. The molecule has 0 unspecified atom stereocenters. The first-order valence-corrected chi connectivity index (χ1v) is 9.80. The molecular formula is C22H26N4O3. The average molecular weight is 394 g/mol. The molecule has 1 N–H and O–H groups in total. The van der Waals surface area contributed by atoms with Gasteiger partial charge in [0.05, 0.1) is 31.8 Å². The van der Waals surface area contributed by atoms with Crippen molar-refractivity contribution in [2.24, 2.45) is 0 Å². The third-order valence-electron chi connectivity index (χ3n) is 4.84. The lowest BCUT2D eigenvalue weighted by Crippen LogP contribution is -2.38. The number of furan rings is 1. The highest BCUT2D eigenvalue weighted by Gasteiger charge is 2.23. The lowest BCUT2D eigenvalue weighted by atomic mass is 10.1. The van der Waals surface area contributed by atoms with Gasteiger partial charge in [-0.1, -0.05) is 12.1 Å². The lowest BCUT2D eigenvalue weighted by Gasteiger charge is -2.24. The van der Waals surface area contributed by atoms with Crippen molar-refractivity contribution in [3.05, 3.63) is 59.5 Å². The number of likely N-dealkylation sites (N-methyl/N-ethyl adjacent to an activating group) is 1. The number of nitriles is 1. The summed E-state index contributed by atoms with van der Waals surface area (Å²) in [4.78, 5) is 28.2. The Bertz CT molecular complexity index is 851. The van der Waals surface area contributed by atoms with E-state index in [9.17, 15) is 9.59 Å². The standard InChI is InChI=1S/C22H26N4O3/c1-25(12-3-11-23)21(27)16-26(15-20-4-2-13-29-20)14-17-5-7-18(8-6-17)22(28)24-19-9-10-19/h2,4-8,13,19H,3,9-10,12,14-16H2,1H3,(H,24,28). The summed E-state index contributed by atoms with van der Waals surface area (Å²) in [6, 6.07) is 13.6. The quantitative estimate of drug-likeness (QED) is 0.669. The molecule has 0 spiro atoms. The molecule has 0 saturated heterocycles. The highest BCUT2D eigenvalue weighted by molar-refractivity contribution is 5.94. The van der Waals surface area contributed by atoms with Crippen LogP contribution in [-0.2, 0) is 17.9 Å². The maximum absolute atomic E-state index is 12.5. The van der Waals surface area contributed by atoms with Gasteiger partial charge in [-0.25, -0.2) is 0 Å². The van der Waals surface area contributed by atoms with Crippen LogP contribution in [0.3, 0.4) is 0 Å². The van der Waals surface area contributed by atoms with Gasteiger partial charge in [0.25, 0.3) is 5.91 Å². The van der Waals surface area contributed by atoms with Crippen LogP contribution in [0, 0.1) is 11.3 Å². The van der Waals surface area contributed by atoms with Gasteiger partial charge in [0.15, 0.2) is 0 Å². The molecule has 0 bridgehead atoms. The van der Waals surface area contributed by atoms with Crippen molar-refractivity contribution in [1.29, 1.82) is 5.26 Å². The number of amides is 2. The van der Waals surface area contributed by atoms with Crippen LogP contribution in [0.1, 0.15) is 40.9 Å². The maximum Gasteiger partial charge on any atom is 0.251 e. The van der Waals surface area contributed by atoms with Gasteiger partial charge < -0.3 is 14.6 Å². The molecule has 1 aromatic heterocycles. The molecule has 7 heteroatoms. The predicted molar refractivity (Wildman–Crippen MR) is 108 cm³/mol. The Morgan fingerprint density at radius 1 is 1.21 bits per heavy atom. The number of nitrogens with one attached hydrogen (secondary N) is 1. The molecule has 1 aromatic carbocycles. The molecule has 1 fully saturated rings. The van der Waals surface area contributed by atoms with Crippen LogP contribution >= 0.6 is 0 Å². The van der Waals surface area contributed by atoms with Gasteiger partial charge in [-0.15, -0.1) is 0 Å². The molecular weight excluding hydrogens is 368 g/mol. The van der Waals surface area contributed by atoms with Gasteiger partial charge in [-0.05, 0) is 42.7 Å². The summed E-state index contributed by atoms with van der Waals surface area (Å²) in [5.41, 5.74) is 1.65. The fourth-order valence-electron chi connectivity index (χ4n) is 2.96. The number of nitrogens with zero attached hydrogens (tertiary/aromatic N) is 3. The largest absolute Gasteiger partial charge is 0.468 e. The summed E-state index contributed by atoms with van der Waals surface area (Å²) >= 11 is 0. The van der Waals surface area contributed by atoms with E-state index in [1.165, 1.54) is 0 Å². The fraction of sp³-hybridized carbons (Fsp3) is 0.409. The van der Waals surface area contributed by atoms with E-state index in [1.807, 2.05) is 41.3 Å². The van der Waals surface area contributed by atoms with Crippen molar-refractivity contribution < 1.29 is 14.0 Å². The molecule has 7 nitrogen and oxygen atoms in total. The van der Waals surface area contributed by atoms with Crippen LogP contribution in [0.2, 0.25) is 0 Å². The molecule has 0 radical (unpaired) electrons. The van der Waals surface area contributed by atoms with Crippen LogP contribution < -0.4 is 5.32 Å². The summed E-state index contributed by atoms with van der Waals surface area (Å²) in [6.07, 6.45) is 4.04. The van der Waals surface area contributed by atoms with E-state index >= 15 is 0 Å². The fourth-order valence-corrected chi connectivity index (χ4v) is 2.96. The minimum absolute atomic E-state index is 0.0409. The van der Waals surface area contributed by atoms with Crippen LogP contribution in [0.15, 0.2) is 47.1 Å². The zero-order valence-corrected chi connectivity index (χ0v) is 16.6. The van der Waals surface area contributed by atoms with E-state index in [-0.39, 0.29) is 18.4 Å². The van der Waals surface area contributed by atoms with Crippen LogP contribution in [0.4, 0.5) is 0 Å². The average Bonchev–Trinajstić information content (AvgIpc) is 3.38. The highest BCUT2D eigenvalue weighted by atomic mass is 16.3. The van der Waals surface area contributed by atoms with Crippen molar-refractivity contribution >= 4 is 11.8 Å². The van der Waals surface area contributed by atoms with E-state index in [2.05, 4.69) is 11.4 Å². The predicted octanol–water partition coefficient (Wildman–Crippen LogP) is 2.55. The number of carbonyl (C=O) groups excluding carboxylic acids is 2. The molecule has 2 aromatic rings. The van der Waals surface area contributed by atoms with Gasteiger partial charge in [0.1, 0.15) is 5.76 Å². The topological polar surface area (TPSA) is 89.6 Å².